The highest BCUT2D eigenvalue weighted by atomic mass is 16.5. The highest BCUT2D eigenvalue weighted by Gasteiger charge is 2.34. The Morgan fingerprint density at radius 2 is 1.67 bits per heavy atom. The van der Waals surface area contributed by atoms with E-state index in [2.05, 4.69) is 23.0 Å². The quantitative estimate of drug-likeness (QED) is 0.237. The molecule has 0 saturated carbocycles. The molecule has 0 aromatic heterocycles. The lowest BCUT2D eigenvalue weighted by Crippen LogP contribution is -2.46. The first-order valence-electron chi connectivity index (χ1n) is 10.8. The van der Waals surface area contributed by atoms with Gasteiger partial charge < -0.3 is 19.6 Å². The molecular formula is C22H38N4O4. The molecule has 0 aromatic rings. The van der Waals surface area contributed by atoms with Gasteiger partial charge in [-0.05, 0) is 31.5 Å². The van der Waals surface area contributed by atoms with Crippen molar-refractivity contribution in [2.45, 2.75) is 26.7 Å². The van der Waals surface area contributed by atoms with Crippen molar-refractivity contribution in [1.82, 2.24) is 19.6 Å². The Morgan fingerprint density at radius 3 is 2.20 bits per heavy atom. The number of urea groups is 1. The van der Waals surface area contributed by atoms with Crippen molar-refractivity contribution in [2.75, 3.05) is 66.1 Å². The molecule has 0 atom stereocenters. The molecule has 2 rings (SSSR count). The summed E-state index contributed by atoms with van der Waals surface area (Å²) in [6.45, 7) is 16.9. The van der Waals surface area contributed by atoms with Crippen molar-refractivity contribution < 1.29 is 19.4 Å². The Morgan fingerprint density at radius 1 is 1.03 bits per heavy atom. The Labute approximate surface area is 181 Å². The summed E-state index contributed by atoms with van der Waals surface area (Å²) in [5.74, 6) is 0.561. The van der Waals surface area contributed by atoms with Gasteiger partial charge in [0.25, 0.3) is 0 Å². The number of β-amino-alcohol motifs (C(OH)–C–C–N with tert-alkyl or cyclic N) is 1. The van der Waals surface area contributed by atoms with Crippen LogP contribution in [0.5, 0.6) is 0 Å². The summed E-state index contributed by atoms with van der Waals surface area (Å²) in [4.78, 5) is 31.4. The fourth-order valence-electron chi connectivity index (χ4n) is 3.61. The summed E-state index contributed by atoms with van der Waals surface area (Å²) in [5.41, 5.74) is 0.968. The normalized spacial score (nSPS) is 18.1. The van der Waals surface area contributed by atoms with E-state index in [1.807, 2.05) is 13.8 Å². The number of ether oxygens (including phenoxy) is 1. The molecular weight excluding hydrogens is 384 g/mol. The predicted octanol–water partition coefficient (Wildman–Crippen LogP) is 1.90. The molecule has 0 bridgehead atoms. The van der Waals surface area contributed by atoms with Gasteiger partial charge in [0.2, 0.25) is 5.91 Å². The van der Waals surface area contributed by atoms with Crippen LogP contribution in [0.15, 0.2) is 36.8 Å². The zero-order chi connectivity index (χ0) is 22.5. The summed E-state index contributed by atoms with van der Waals surface area (Å²) in [7, 11) is 1.63. The van der Waals surface area contributed by atoms with E-state index >= 15 is 0 Å². The number of amides is 3. The first kappa shape index (κ1) is 25.7. The second kappa shape index (κ2) is 13.8. The molecule has 2 fully saturated rings. The Balaban J connectivity index is 0.00000218. The molecule has 1 N–H and O–H groups in total. The molecule has 0 unspecified atom stereocenters. The average molecular weight is 423 g/mol. The van der Waals surface area contributed by atoms with E-state index in [9.17, 15) is 9.59 Å². The number of aliphatic hydroxyl groups excluding tert-OH is 1. The van der Waals surface area contributed by atoms with E-state index in [1.165, 1.54) is 9.80 Å². The number of carbonyl (C=O) groups is 2. The average Bonchev–Trinajstić information content (AvgIpc) is 3.04. The Kier molecular flexibility index (Phi) is 11.8. The van der Waals surface area contributed by atoms with Gasteiger partial charge in [0.15, 0.2) is 0 Å². The van der Waals surface area contributed by atoms with Gasteiger partial charge in [-0.1, -0.05) is 27.0 Å². The molecule has 3 amide bonds. The largest absolute Gasteiger partial charge is 0.495 e. The van der Waals surface area contributed by atoms with E-state index in [4.69, 9.17) is 9.84 Å². The molecule has 2 aliphatic heterocycles. The lowest BCUT2D eigenvalue weighted by molar-refractivity contribution is -0.125. The molecule has 170 valence electrons. The van der Waals surface area contributed by atoms with Gasteiger partial charge in [-0.3, -0.25) is 14.6 Å². The molecule has 0 aliphatic carbocycles. The summed E-state index contributed by atoms with van der Waals surface area (Å²) >= 11 is 0. The molecule has 0 spiro atoms. The minimum atomic E-state index is -0.285. The maximum absolute atomic E-state index is 12.1. The third-order valence-electron chi connectivity index (χ3n) is 5.17. The van der Waals surface area contributed by atoms with Crippen LogP contribution in [0.25, 0.3) is 0 Å². The maximum Gasteiger partial charge on any atom is 0.327 e. The van der Waals surface area contributed by atoms with Gasteiger partial charge in [0.05, 0.1) is 19.4 Å². The fourth-order valence-corrected chi connectivity index (χ4v) is 3.61. The molecule has 2 saturated heterocycles. The van der Waals surface area contributed by atoms with Crippen molar-refractivity contribution in [2.24, 2.45) is 0 Å². The zero-order valence-electron chi connectivity index (χ0n) is 18.8. The van der Waals surface area contributed by atoms with Crippen LogP contribution in [0.4, 0.5) is 4.79 Å². The summed E-state index contributed by atoms with van der Waals surface area (Å²) in [6, 6.07) is -0.285. The predicted molar refractivity (Wildman–Crippen MR) is 119 cm³/mol. The topological polar surface area (TPSA) is 76.6 Å². The van der Waals surface area contributed by atoms with Gasteiger partial charge in [0.1, 0.15) is 12.3 Å². The lowest BCUT2D eigenvalue weighted by atomic mass is 10.2. The summed E-state index contributed by atoms with van der Waals surface area (Å²) in [6.07, 6.45) is 5.22. The maximum atomic E-state index is 12.1. The number of unbranched alkanes of at least 4 members (excludes halogenated alkanes) is 1. The standard InChI is InChI=1S/C20H32N4O4.C2H6/c1-4-17(18(5-2)28-3)22-12-10-21(11-13-22)8-6-7-9-24-19(26)16-23(14-15-25)20(24)27;1-2/h4-5,25H,1-2,6-16H2,3H3;1-2H3/b18-17-;. The van der Waals surface area contributed by atoms with Gasteiger partial charge >= 0.3 is 6.03 Å². The fraction of sp³-hybridized carbons (Fsp3) is 0.636. The molecule has 0 aromatic carbocycles. The van der Waals surface area contributed by atoms with Crippen LogP contribution in [0, 0.1) is 0 Å². The smallest absolute Gasteiger partial charge is 0.327 e. The molecule has 2 aliphatic rings. The van der Waals surface area contributed by atoms with Crippen LogP contribution in [0.1, 0.15) is 26.7 Å². The molecule has 30 heavy (non-hydrogen) atoms. The van der Waals surface area contributed by atoms with Crippen LogP contribution >= 0.6 is 0 Å². The van der Waals surface area contributed by atoms with Gasteiger partial charge in [-0.15, -0.1) is 0 Å². The third kappa shape index (κ3) is 6.88. The second-order valence-corrected chi connectivity index (χ2v) is 6.87. The summed E-state index contributed by atoms with van der Waals surface area (Å²) in [5, 5.41) is 8.95. The molecule has 2 heterocycles. The number of methoxy groups -OCH3 is 1. The number of hydrogen-bond donors (Lipinski definition) is 1. The SMILES string of the molecule is C=C/C(OC)=C(\C=C)N1CCN(CCCCN2C(=O)CN(CCO)C2=O)CC1.CC. The van der Waals surface area contributed by atoms with Crippen molar-refractivity contribution in [1.29, 1.82) is 0 Å². The zero-order valence-corrected chi connectivity index (χ0v) is 18.8. The van der Waals surface area contributed by atoms with E-state index in [1.54, 1.807) is 19.3 Å². The molecule has 8 nitrogen and oxygen atoms in total. The van der Waals surface area contributed by atoms with Crippen molar-refractivity contribution in [3.63, 3.8) is 0 Å². The Bertz CT molecular complexity index is 612. The van der Waals surface area contributed by atoms with Crippen molar-refractivity contribution in [3.8, 4) is 0 Å². The van der Waals surface area contributed by atoms with Crippen LogP contribution in [0.2, 0.25) is 0 Å². The number of carbonyl (C=O) groups excluding carboxylic acids is 2. The number of allylic oxidation sites excluding steroid dienone is 2. The monoisotopic (exact) mass is 422 g/mol. The van der Waals surface area contributed by atoms with Crippen LogP contribution < -0.4 is 0 Å². The van der Waals surface area contributed by atoms with E-state index in [-0.39, 0.29) is 31.6 Å². The van der Waals surface area contributed by atoms with E-state index < -0.39 is 0 Å². The first-order valence-corrected chi connectivity index (χ1v) is 10.8. The van der Waals surface area contributed by atoms with Gasteiger partial charge in [-0.2, -0.15) is 0 Å². The highest BCUT2D eigenvalue weighted by Crippen LogP contribution is 2.17. The van der Waals surface area contributed by atoms with Crippen LogP contribution in [-0.4, -0.2) is 103 Å². The lowest BCUT2D eigenvalue weighted by Gasteiger charge is -2.37. The number of nitrogens with zero attached hydrogens (tertiary/aromatic N) is 4. The number of aliphatic hydroxyl groups is 1. The number of hydrogen-bond acceptors (Lipinski definition) is 6. The molecule has 8 heteroatoms. The number of rotatable bonds is 11. The van der Waals surface area contributed by atoms with Crippen molar-refractivity contribution >= 4 is 11.9 Å². The van der Waals surface area contributed by atoms with Crippen LogP contribution in [0.3, 0.4) is 0 Å². The van der Waals surface area contributed by atoms with Gasteiger partial charge in [0, 0.05) is 39.3 Å². The minimum Gasteiger partial charge on any atom is -0.495 e. The second-order valence-electron chi connectivity index (χ2n) is 6.87. The number of piperazine rings is 1. The third-order valence-corrected chi connectivity index (χ3v) is 5.17. The van der Waals surface area contributed by atoms with Crippen molar-refractivity contribution in [3.05, 3.63) is 36.8 Å². The van der Waals surface area contributed by atoms with Gasteiger partial charge in [-0.25, -0.2) is 4.79 Å². The Hall–Kier alpha value is -2.32. The highest BCUT2D eigenvalue weighted by molar-refractivity contribution is 6.01. The minimum absolute atomic E-state index is 0.0781. The van der Waals surface area contributed by atoms with Crippen LogP contribution in [-0.2, 0) is 9.53 Å². The molecule has 0 radical (unpaired) electrons. The van der Waals surface area contributed by atoms with E-state index in [0.717, 1.165) is 57.0 Å². The first-order chi connectivity index (χ1) is 14.5. The summed E-state index contributed by atoms with van der Waals surface area (Å²) < 4.78 is 5.36. The van der Waals surface area contributed by atoms with E-state index in [0.29, 0.717) is 6.54 Å². The number of imide groups is 1.